The van der Waals surface area contributed by atoms with E-state index < -0.39 is 0 Å². The fourth-order valence-corrected chi connectivity index (χ4v) is 3.52. The molecule has 4 heteroatoms. The van der Waals surface area contributed by atoms with E-state index in [1.54, 1.807) is 0 Å². The van der Waals surface area contributed by atoms with Crippen molar-refractivity contribution in [1.82, 2.24) is 4.90 Å². The Kier molecular flexibility index (Phi) is 5.62. The summed E-state index contributed by atoms with van der Waals surface area (Å²) in [5, 5.41) is 3.03. The molecule has 0 unspecified atom stereocenters. The van der Waals surface area contributed by atoms with Crippen molar-refractivity contribution in [2.45, 2.75) is 33.7 Å². The zero-order valence-electron chi connectivity index (χ0n) is 16.2. The number of hydrogen-bond donors (Lipinski definition) is 1. The monoisotopic (exact) mass is 351 g/mol. The van der Waals surface area contributed by atoms with Crippen molar-refractivity contribution < 1.29 is 4.79 Å². The minimum absolute atomic E-state index is 0.0595. The molecule has 0 spiro atoms. The summed E-state index contributed by atoms with van der Waals surface area (Å²) in [5.74, 6) is 0.0595. The molecule has 0 bridgehead atoms. The van der Waals surface area contributed by atoms with Crippen LogP contribution in [0.1, 0.15) is 23.6 Å². The van der Waals surface area contributed by atoms with Gasteiger partial charge in [0.1, 0.15) is 0 Å². The average Bonchev–Trinajstić information content (AvgIpc) is 2.59. The van der Waals surface area contributed by atoms with Gasteiger partial charge in [-0.25, -0.2) is 0 Å². The molecule has 2 aromatic rings. The number of aryl methyl sites for hydroxylation is 3. The molecular weight excluding hydrogens is 322 g/mol. The van der Waals surface area contributed by atoms with Gasteiger partial charge in [0.05, 0.1) is 6.54 Å². The number of amides is 1. The fourth-order valence-electron chi connectivity index (χ4n) is 3.52. The van der Waals surface area contributed by atoms with Gasteiger partial charge < -0.3 is 10.2 Å². The quantitative estimate of drug-likeness (QED) is 0.911. The number of nitrogens with zero attached hydrogens (tertiary/aromatic N) is 2. The van der Waals surface area contributed by atoms with Crippen LogP contribution in [-0.4, -0.2) is 43.0 Å². The molecule has 0 aromatic heterocycles. The number of carbonyl (C=O) groups excluding carboxylic acids is 1. The maximum Gasteiger partial charge on any atom is 0.238 e. The van der Waals surface area contributed by atoms with Crippen LogP contribution < -0.4 is 10.2 Å². The Balaban J connectivity index is 1.54. The SMILES string of the molecule is Cc1ccc(N2CCN(CC(=O)Nc3ccc(C)c(C)c3)C[C@H]2C)cc1. The molecule has 1 amide bonds. The standard InChI is InChI=1S/C22H29N3O/c1-16-5-9-21(10-6-16)25-12-11-24(14-19(25)4)15-22(26)23-20-8-7-17(2)18(3)13-20/h5-10,13,19H,11-12,14-15H2,1-4H3,(H,23,26)/t19-/m1/s1. The van der Waals surface area contributed by atoms with E-state index in [1.807, 2.05) is 18.2 Å². The first kappa shape index (κ1) is 18.5. The molecule has 0 radical (unpaired) electrons. The number of rotatable bonds is 4. The Labute approximate surface area is 156 Å². The van der Waals surface area contributed by atoms with E-state index >= 15 is 0 Å². The Morgan fingerprint density at radius 3 is 2.42 bits per heavy atom. The summed E-state index contributed by atoms with van der Waals surface area (Å²) >= 11 is 0. The lowest BCUT2D eigenvalue weighted by molar-refractivity contribution is -0.117. The van der Waals surface area contributed by atoms with Crippen LogP contribution in [0.3, 0.4) is 0 Å². The Hall–Kier alpha value is -2.33. The number of nitrogens with one attached hydrogen (secondary N) is 1. The molecule has 0 aliphatic carbocycles. The molecule has 1 fully saturated rings. The minimum atomic E-state index is 0.0595. The molecule has 1 atom stereocenters. The van der Waals surface area contributed by atoms with E-state index in [4.69, 9.17) is 0 Å². The fraction of sp³-hybridized carbons (Fsp3) is 0.409. The van der Waals surface area contributed by atoms with Gasteiger partial charge in [-0.1, -0.05) is 23.8 Å². The van der Waals surface area contributed by atoms with Crippen LogP contribution in [0.15, 0.2) is 42.5 Å². The van der Waals surface area contributed by atoms with Crippen LogP contribution >= 0.6 is 0 Å². The van der Waals surface area contributed by atoms with Crippen LogP contribution in [-0.2, 0) is 4.79 Å². The largest absolute Gasteiger partial charge is 0.366 e. The molecule has 4 nitrogen and oxygen atoms in total. The molecule has 1 heterocycles. The minimum Gasteiger partial charge on any atom is -0.366 e. The summed E-state index contributed by atoms with van der Waals surface area (Å²) < 4.78 is 0. The maximum absolute atomic E-state index is 12.4. The van der Waals surface area contributed by atoms with Crippen LogP contribution in [0.2, 0.25) is 0 Å². The van der Waals surface area contributed by atoms with Crippen molar-refractivity contribution in [2.75, 3.05) is 36.4 Å². The molecule has 0 saturated carbocycles. The van der Waals surface area contributed by atoms with Crippen LogP contribution in [0.5, 0.6) is 0 Å². The smallest absolute Gasteiger partial charge is 0.238 e. The third-order valence-corrected chi connectivity index (χ3v) is 5.24. The second kappa shape index (κ2) is 7.92. The third kappa shape index (κ3) is 4.44. The van der Waals surface area contributed by atoms with Gasteiger partial charge in [-0.05, 0) is 63.1 Å². The third-order valence-electron chi connectivity index (χ3n) is 5.24. The normalized spacial score (nSPS) is 18.0. The van der Waals surface area contributed by atoms with Crippen molar-refractivity contribution in [3.8, 4) is 0 Å². The van der Waals surface area contributed by atoms with Crippen LogP contribution in [0, 0.1) is 20.8 Å². The van der Waals surface area contributed by atoms with Gasteiger partial charge in [-0.2, -0.15) is 0 Å². The highest BCUT2D eigenvalue weighted by molar-refractivity contribution is 5.92. The van der Waals surface area contributed by atoms with Crippen LogP contribution in [0.4, 0.5) is 11.4 Å². The number of hydrogen-bond acceptors (Lipinski definition) is 3. The molecule has 26 heavy (non-hydrogen) atoms. The van der Waals surface area contributed by atoms with Gasteiger partial charge in [0.25, 0.3) is 0 Å². The van der Waals surface area contributed by atoms with Gasteiger partial charge >= 0.3 is 0 Å². The predicted molar refractivity (Wildman–Crippen MR) is 109 cm³/mol. The second-order valence-corrected chi connectivity index (χ2v) is 7.46. The first-order valence-electron chi connectivity index (χ1n) is 9.35. The van der Waals surface area contributed by atoms with E-state index in [-0.39, 0.29) is 5.91 Å². The zero-order valence-corrected chi connectivity index (χ0v) is 16.2. The first-order chi connectivity index (χ1) is 12.4. The van der Waals surface area contributed by atoms with E-state index in [0.717, 1.165) is 25.3 Å². The van der Waals surface area contributed by atoms with Crippen molar-refractivity contribution in [1.29, 1.82) is 0 Å². The van der Waals surface area contributed by atoms with E-state index in [9.17, 15) is 4.79 Å². The van der Waals surface area contributed by atoms with E-state index in [2.05, 4.69) is 67.1 Å². The Bertz CT molecular complexity index is 769. The topological polar surface area (TPSA) is 35.6 Å². The first-order valence-corrected chi connectivity index (χ1v) is 9.35. The highest BCUT2D eigenvalue weighted by Crippen LogP contribution is 2.21. The molecule has 1 saturated heterocycles. The summed E-state index contributed by atoms with van der Waals surface area (Å²) in [4.78, 5) is 17.1. The summed E-state index contributed by atoms with van der Waals surface area (Å²) in [5.41, 5.74) is 5.86. The highest BCUT2D eigenvalue weighted by Gasteiger charge is 2.25. The van der Waals surface area contributed by atoms with Crippen molar-refractivity contribution in [2.24, 2.45) is 0 Å². The van der Waals surface area contributed by atoms with Crippen molar-refractivity contribution in [3.63, 3.8) is 0 Å². The van der Waals surface area contributed by atoms with Gasteiger partial charge in [0.2, 0.25) is 5.91 Å². The molecule has 2 aromatic carbocycles. The zero-order chi connectivity index (χ0) is 18.7. The lowest BCUT2D eigenvalue weighted by Gasteiger charge is -2.41. The summed E-state index contributed by atoms with van der Waals surface area (Å²) in [6, 6.07) is 15.1. The van der Waals surface area contributed by atoms with Gasteiger partial charge in [0.15, 0.2) is 0 Å². The molecule has 138 valence electrons. The molecule has 1 aliphatic heterocycles. The van der Waals surface area contributed by atoms with Gasteiger partial charge in [-0.3, -0.25) is 9.69 Å². The highest BCUT2D eigenvalue weighted by atomic mass is 16.2. The van der Waals surface area contributed by atoms with Gasteiger partial charge in [0, 0.05) is 37.1 Å². The number of carbonyl (C=O) groups is 1. The Morgan fingerprint density at radius 2 is 1.77 bits per heavy atom. The maximum atomic E-state index is 12.4. The van der Waals surface area contributed by atoms with Crippen LogP contribution in [0.25, 0.3) is 0 Å². The van der Waals surface area contributed by atoms with Crippen molar-refractivity contribution in [3.05, 3.63) is 59.2 Å². The summed E-state index contributed by atoms with van der Waals surface area (Å²) in [6.45, 7) is 11.7. The van der Waals surface area contributed by atoms with E-state index in [1.165, 1.54) is 22.4 Å². The summed E-state index contributed by atoms with van der Waals surface area (Å²) in [6.07, 6.45) is 0. The summed E-state index contributed by atoms with van der Waals surface area (Å²) in [7, 11) is 0. The van der Waals surface area contributed by atoms with E-state index in [0.29, 0.717) is 12.6 Å². The second-order valence-electron chi connectivity index (χ2n) is 7.46. The molecular formula is C22H29N3O. The number of piperazine rings is 1. The van der Waals surface area contributed by atoms with Gasteiger partial charge in [-0.15, -0.1) is 0 Å². The lowest BCUT2D eigenvalue weighted by atomic mass is 10.1. The lowest BCUT2D eigenvalue weighted by Crippen LogP contribution is -2.53. The molecule has 3 rings (SSSR count). The average molecular weight is 351 g/mol. The molecule has 1 N–H and O–H groups in total. The number of anilines is 2. The number of benzene rings is 2. The Morgan fingerprint density at radius 1 is 1.04 bits per heavy atom. The predicted octanol–water partition coefficient (Wildman–Crippen LogP) is 3.76. The molecule has 1 aliphatic rings. The van der Waals surface area contributed by atoms with Crippen molar-refractivity contribution >= 4 is 17.3 Å².